The number of sulfonamides is 1. The molecule has 2 rings (SSSR count). The van der Waals surface area contributed by atoms with Gasteiger partial charge in [-0.25, -0.2) is 13.1 Å². The molecule has 0 aliphatic rings. The van der Waals surface area contributed by atoms with Crippen LogP contribution in [-0.2, 0) is 10.0 Å². The molecule has 0 amide bonds. The molecule has 0 bridgehead atoms. The van der Waals surface area contributed by atoms with E-state index in [4.69, 9.17) is 28.9 Å². The fourth-order valence-electron chi connectivity index (χ4n) is 1.61. The van der Waals surface area contributed by atoms with Crippen molar-refractivity contribution in [3.8, 4) is 0 Å². The Bertz CT molecular complexity index is 729. The normalized spacial score (nSPS) is 13.3. The maximum atomic E-state index is 12.1. The number of halogens is 2. The van der Waals surface area contributed by atoms with E-state index in [-0.39, 0.29) is 20.1 Å². The van der Waals surface area contributed by atoms with Gasteiger partial charge in [-0.2, -0.15) is 0 Å². The van der Waals surface area contributed by atoms with E-state index < -0.39 is 16.1 Å². The van der Waals surface area contributed by atoms with E-state index in [0.717, 1.165) is 11.3 Å². The van der Waals surface area contributed by atoms with Crippen molar-refractivity contribution < 1.29 is 13.5 Å². The molecule has 0 aliphatic carbocycles. The lowest BCUT2D eigenvalue weighted by Gasteiger charge is -2.12. The Morgan fingerprint density at radius 3 is 2.43 bits per heavy atom. The summed E-state index contributed by atoms with van der Waals surface area (Å²) in [6.07, 6.45) is -0.992. The monoisotopic (exact) mass is 366 g/mol. The lowest BCUT2D eigenvalue weighted by Crippen LogP contribution is -2.28. The molecule has 1 aromatic heterocycles. The first-order valence-corrected chi connectivity index (χ1v) is 8.83. The number of anilines is 1. The minimum absolute atomic E-state index is 0.0782. The first-order valence-electron chi connectivity index (χ1n) is 5.77. The van der Waals surface area contributed by atoms with Gasteiger partial charge in [0.15, 0.2) is 0 Å². The number of hydrogen-bond donors (Lipinski definition) is 3. The molecule has 0 spiro atoms. The number of hydrogen-bond acceptors (Lipinski definition) is 5. The fraction of sp³-hybridized carbons (Fsp3) is 0.167. The number of nitrogen functional groups attached to an aromatic ring is 1. The van der Waals surface area contributed by atoms with Gasteiger partial charge in [-0.1, -0.05) is 35.3 Å². The van der Waals surface area contributed by atoms with Crippen LogP contribution < -0.4 is 10.5 Å². The van der Waals surface area contributed by atoms with Gasteiger partial charge in [-0.15, -0.1) is 11.3 Å². The second-order valence-electron chi connectivity index (χ2n) is 4.22. The predicted molar refractivity (Wildman–Crippen MR) is 85.3 cm³/mol. The number of nitrogens with one attached hydrogen (secondary N) is 1. The summed E-state index contributed by atoms with van der Waals surface area (Å²) in [5, 5.41) is 9.97. The number of benzene rings is 1. The second-order valence-corrected chi connectivity index (χ2v) is 8.24. The number of nitrogens with two attached hydrogens (primary N) is 1. The Kier molecular flexibility index (Phi) is 5.13. The molecule has 0 fully saturated rings. The molecule has 0 aliphatic heterocycles. The molecule has 0 saturated heterocycles. The second kappa shape index (κ2) is 6.51. The van der Waals surface area contributed by atoms with Crippen molar-refractivity contribution in [1.29, 1.82) is 0 Å². The Morgan fingerprint density at radius 2 is 1.90 bits per heavy atom. The number of aliphatic hydroxyl groups is 1. The van der Waals surface area contributed by atoms with Gasteiger partial charge in [0, 0.05) is 12.2 Å². The third-order valence-electron chi connectivity index (χ3n) is 2.70. The summed E-state index contributed by atoms with van der Waals surface area (Å²) in [4.78, 5) is -0.0938. The molecule has 2 aromatic rings. The topological polar surface area (TPSA) is 92.4 Å². The van der Waals surface area contributed by atoms with Crippen LogP contribution in [0.2, 0.25) is 8.67 Å². The van der Waals surface area contributed by atoms with Gasteiger partial charge in [0.2, 0.25) is 10.0 Å². The van der Waals surface area contributed by atoms with Crippen LogP contribution in [0.25, 0.3) is 0 Å². The first kappa shape index (κ1) is 16.5. The Labute approximate surface area is 136 Å². The third-order valence-corrected chi connectivity index (χ3v) is 5.88. The molecule has 0 saturated carbocycles. The highest BCUT2D eigenvalue weighted by Crippen LogP contribution is 2.34. The van der Waals surface area contributed by atoms with Crippen molar-refractivity contribution in [2.75, 3.05) is 12.3 Å². The lowest BCUT2D eigenvalue weighted by molar-refractivity contribution is 0.182. The molecule has 1 aromatic carbocycles. The Balaban J connectivity index is 2.08. The molecule has 0 radical (unpaired) electrons. The highest BCUT2D eigenvalue weighted by molar-refractivity contribution is 7.89. The zero-order valence-corrected chi connectivity index (χ0v) is 13.7. The van der Waals surface area contributed by atoms with Crippen LogP contribution in [-0.4, -0.2) is 20.1 Å². The zero-order valence-electron chi connectivity index (χ0n) is 10.6. The van der Waals surface area contributed by atoms with Crippen LogP contribution in [0.4, 0.5) is 5.69 Å². The molecule has 9 heteroatoms. The molecule has 114 valence electrons. The minimum Gasteiger partial charge on any atom is -0.399 e. The van der Waals surface area contributed by atoms with E-state index in [9.17, 15) is 13.5 Å². The van der Waals surface area contributed by atoms with E-state index >= 15 is 0 Å². The number of aliphatic hydroxyl groups excluding tert-OH is 1. The summed E-state index contributed by atoms with van der Waals surface area (Å²) in [7, 11) is -3.82. The SMILES string of the molecule is Nc1ccc(C(O)CNS(=O)(=O)c2cc(Cl)sc2Cl)cc1. The standard InChI is InChI=1S/C12H12Cl2N2O3S2/c13-11-5-10(12(14)20-11)21(18,19)16-6-9(17)7-1-3-8(15)4-2-7/h1-5,9,16-17H,6,15H2. The van der Waals surface area contributed by atoms with Gasteiger partial charge in [0.1, 0.15) is 9.23 Å². The van der Waals surface area contributed by atoms with Gasteiger partial charge in [0.25, 0.3) is 0 Å². The Morgan fingerprint density at radius 1 is 1.29 bits per heavy atom. The quantitative estimate of drug-likeness (QED) is 0.709. The molecule has 5 nitrogen and oxygen atoms in total. The third kappa shape index (κ3) is 4.09. The summed E-state index contributed by atoms with van der Waals surface area (Å²) in [6, 6.07) is 7.78. The van der Waals surface area contributed by atoms with E-state index in [1.54, 1.807) is 24.3 Å². The summed E-state index contributed by atoms with van der Waals surface area (Å²) >= 11 is 12.5. The molecular formula is C12H12Cl2N2O3S2. The summed E-state index contributed by atoms with van der Waals surface area (Å²) in [5.74, 6) is 0. The first-order chi connectivity index (χ1) is 9.79. The van der Waals surface area contributed by atoms with Crippen molar-refractivity contribution >= 4 is 50.2 Å². The fourth-order valence-corrected chi connectivity index (χ4v) is 4.80. The van der Waals surface area contributed by atoms with E-state index in [2.05, 4.69) is 4.72 Å². The van der Waals surface area contributed by atoms with Gasteiger partial charge in [-0.05, 0) is 23.8 Å². The number of thiophene rings is 1. The molecule has 1 heterocycles. The maximum Gasteiger partial charge on any atom is 0.243 e. The average Bonchev–Trinajstić information content (AvgIpc) is 2.77. The zero-order chi connectivity index (χ0) is 15.6. The predicted octanol–water partition coefficient (Wildman–Crippen LogP) is 2.65. The van der Waals surface area contributed by atoms with Crippen LogP contribution in [0, 0.1) is 0 Å². The van der Waals surface area contributed by atoms with E-state index in [1.165, 1.54) is 6.07 Å². The van der Waals surface area contributed by atoms with Gasteiger partial charge >= 0.3 is 0 Å². The van der Waals surface area contributed by atoms with Crippen LogP contribution >= 0.6 is 34.5 Å². The van der Waals surface area contributed by atoms with Crippen molar-refractivity contribution in [3.63, 3.8) is 0 Å². The van der Waals surface area contributed by atoms with Gasteiger partial charge in [-0.3, -0.25) is 0 Å². The summed E-state index contributed by atoms with van der Waals surface area (Å²) in [6.45, 7) is -0.184. The number of rotatable bonds is 5. The van der Waals surface area contributed by atoms with Gasteiger partial charge in [0.05, 0.1) is 10.4 Å². The lowest BCUT2D eigenvalue weighted by atomic mass is 10.1. The van der Waals surface area contributed by atoms with Crippen LogP contribution in [0.3, 0.4) is 0 Å². The minimum atomic E-state index is -3.82. The largest absolute Gasteiger partial charge is 0.399 e. The molecule has 21 heavy (non-hydrogen) atoms. The van der Waals surface area contributed by atoms with Crippen LogP contribution in [0.5, 0.6) is 0 Å². The molecule has 1 unspecified atom stereocenters. The highest BCUT2D eigenvalue weighted by atomic mass is 35.5. The van der Waals surface area contributed by atoms with Gasteiger partial charge < -0.3 is 10.8 Å². The Hall–Kier alpha value is -0.830. The van der Waals surface area contributed by atoms with Crippen molar-refractivity contribution in [2.45, 2.75) is 11.0 Å². The van der Waals surface area contributed by atoms with Crippen molar-refractivity contribution in [3.05, 3.63) is 44.6 Å². The maximum absolute atomic E-state index is 12.1. The van der Waals surface area contributed by atoms with Crippen molar-refractivity contribution in [1.82, 2.24) is 4.72 Å². The van der Waals surface area contributed by atoms with Crippen molar-refractivity contribution in [2.24, 2.45) is 0 Å². The van der Waals surface area contributed by atoms with E-state index in [0.29, 0.717) is 11.3 Å². The summed E-state index contributed by atoms with van der Waals surface area (Å²) < 4.78 is 26.8. The smallest absolute Gasteiger partial charge is 0.243 e. The highest BCUT2D eigenvalue weighted by Gasteiger charge is 2.22. The molecule has 4 N–H and O–H groups in total. The van der Waals surface area contributed by atoms with Crippen LogP contribution in [0.1, 0.15) is 11.7 Å². The van der Waals surface area contributed by atoms with Crippen LogP contribution in [0.15, 0.2) is 35.2 Å². The van der Waals surface area contributed by atoms with E-state index in [1.807, 2.05) is 0 Å². The summed E-state index contributed by atoms with van der Waals surface area (Å²) in [5.41, 5.74) is 6.66. The molecule has 1 atom stereocenters. The molecular weight excluding hydrogens is 355 g/mol. The average molecular weight is 367 g/mol.